The third kappa shape index (κ3) is 4.54. The first-order chi connectivity index (χ1) is 8.21. The van der Waals surface area contributed by atoms with Crippen molar-refractivity contribution in [2.24, 2.45) is 5.73 Å². The van der Waals surface area contributed by atoms with E-state index in [4.69, 9.17) is 22.1 Å². The number of hydrogen-bond acceptors (Lipinski definition) is 3. The predicted octanol–water partition coefficient (Wildman–Crippen LogP) is 2.52. The van der Waals surface area contributed by atoms with Gasteiger partial charge in [-0.15, -0.1) is 0 Å². The van der Waals surface area contributed by atoms with Crippen LogP contribution in [0.15, 0.2) is 18.2 Å². The Morgan fingerprint density at radius 1 is 1.41 bits per heavy atom. The van der Waals surface area contributed by atoms with Gasteiger partial charge >= 0.3 is 0 Å². The number of halogens is 1. The van der Waals surface area contributed by atoms with E-state index >= 15 is 0 Å². The van der Waals surface area contributed by atoms with Gasteiger partial charge in [-0.25, -0.2) is 0 Å². The molecule has 0 bridgehead atoms. The maximum Gasteiger partial charge on any atom is 0.123 e. The number of nitrogens with zero attached hydrogens (tertiary/aromatic N) is 1. The summed E-state index contributed by atoms with van der Waals surface area (Å²) in [6.07, 6.45) is 1.01. The molecule has 0 amide bonds. The Kier molecular flexibility index (Phi) is 6.34. The third-order valence-corrected chi connectivity index (χ3v) is 3.00. The minimum absolute atomic E-state index is 0.725. The number of ether oxygens (including phenoxy) is 1. The molecule has 0 radical (unpaired) electrons. The zero-order chi connectivity index (χ0) is 12.7. The summed E-state index contributed by atoms with van der Waals surface area (Å²) in [6.45, 7) is 5.72. The quantitative estimate of drug-likeness (QED) is 0.815. The van der Waals surface area contributed by atoms with Crippen LogP contribution in [0.4, 0.5) is 0 Å². The van der Waals surface area contributed by atoms with E-state index in [1.54, 1.807) is 7.11 Å². The summed E-state index contributed by atoms with van der Waals surface area (Å²) in [5.41, 5.74) is 6.66. The molecule has 0 heterocycles. The number of nitrogens with two attached hydrogens (primary N) is 1. The monoisotopic (exact) mass is 256 g/mol. The topological polar surface area (TPSA) is 38.5 Å². The van der Waals surface area contributed by atoms with Crippen LogP contribution in [0.25, 0.3) is 0 Å². The molecule has 0 aliphatic carbocycles. The van der Waals surface area contributed by atoms with E-state index in [0.29, 0.717) is 0 Å². The van der Waals surface area contributed by atoms with Gasteiger partial charge in [0.25, 0.3) is 0 Å². The minimum atomic E-state index is 0.725. The van der Waals surface area contributed by atoms with Crippen LogP contribution in [-0.2, 0) is 6.54 Å². The molecule has 1 aromatic carbocycles. The van der Waals surface area contributed by atoms with E-state index in [-0.39, 0.29) is 0 Å². The third-order valence-electron chi connectivity index (χ3n) is 2.76. The first kappa shape index (κ1) is 14.3. The summed E-state index contributed by atoms with van der Waals surface area (Å²) >= 11 is 6.01. The minimum Gasteiger partial charge on any atom is -0.496 e. The lowest BCUT2D eigenvalue weighted by atomic mass is 10.2. The summed E-state index contributed by atoms with van der Waals surface area (Å²) in [7, 11) is 1.68. The van der Waals surface area contributed by atoms with E-state index in [9.17, 15) is 0 Å². The van der Waals surface area contributed by atoms with Crippen LogP contribution in [0.1, 0.15) is 18.9 Å². The van der Waals surface area contributed by atoms with Gasteiger partial charge in [0.15, 0.2) is 0 Å². The zero-order valence-electron chi connectivity index (χ0n) is 10.6. The Labute approximate surface area is 109 Å². The van der Waals surface area contributed by atoms with Crippen LogP contribution in [0.2, 0.25) is 5.02 Å². The van der Waals surface area contributed by atoms with Crippen molar-refractivity contribution in [1.82, 2.24) is 4.90 Å². The molecule has 0 atom stereocenters. The maximum atomic E-state index is 6.01. The van der Waals surface area contributed by atoms with Gasteiger partial charge < -0.3 is 10.5 Å². The van der Waals surface area contributed by atoms with Gasteiger partial charge in [0.1, 0.15) is 5.75 Å². The lowest BCUT2D eigenvalue weighted by Gasteiger charge is -2.21. The molecule has 2 N–H and O–H groups in total. The molecule has 0 aromatic heterocycles. The molecule has 1 rings (SSSR count). The SMILES string of the molecule is CCN(CCCN)Cc1cc(Cl)ccc1OC. The van der Waals surface area contributed by atoms with Crippen molar-refractivity contribution >= 4 is 11.6 Å². The van der Waals surface area contributed by atoms with Crippen molar-refractivity contribution in [3.63, 3.8) is 0 Å². The highest BCUT2D eigenvalue weighted by molar-refractivity contribution is 6.30. The van der Waals surface area contributed by atoms with Crippen LogP contribution >= 0.6 is 11.6 Å². The molecule has 1 aromatic rings. The van der Waals surface area contributed by atoms with E-state index in [1.165, 1.54) is 0 Å². The molecule has 0 aliphatic heterocycles. The summed E-state index contributed by atoms with van der Waals surface area (Å²) in [5.74, 6) is 0.889. The predicted molar refractivity (Wildman–Crippen MR) is 72.6 cm³/mol. The van der Waals surface area contributed by atoms with Gasteiger partial charge in [0, 0.05) is 17.1 Å². The standard InChI is InChI=1S/C13H21ClN2O/c1-3-16(8-4-7-15)10-11-9-12(14)5-6-13(11)17-2/h5-6,9H,3-4,7-8,10,15H2,1-2H3. The summed E-state index contributed by atoms with van der Waals surface area (Å²) in [5, 5.41) is 0.746. The molecule has 0 aliphatic rings. The average molecular weight is 257 g/mol. The second-order valence-corrected chi connectivity index (χ2v) is 4.40. The molecule has 4 heteroatoms. The molecule has 0 spiro atoms. The number of methoxy groups -OCH3 is 1. The van der Waals surface area contributed by atoms with Crippen LogP contribution in [0.3, 0.4) is 0 Å². The fourth-order valence-corrected chi connectivity index (χ4v) is 1.97. The van der Waals surface area contributed by atoms with E-state index in [1.807, 2.05) is 18.2 Å². The number of hydrogen-bond donors (Lipinski definition) is 1. The Morgan fingerprint density at radius 2 is 2.18 bits per heavy atom. The van der Waals surface area contributed by atoms with Crippen LogP contribution in [0.5, 0.6) is 5.75 Å². The van der Waals surface area contributed by atoms with Gasteiger partial charge in [-0.2, -0.15) is 0 Å². The Morgan fingerprint density at radius 3 is 2.76 bits per heavy atom. The van der Waals surface area contributed by atoms with Crippen LogP contribution in [0, 0.1) is 0 Å². The molecule has 0 saturated heterocycles. The lowest BCUT2D eigenvalue weighted by Crippen LogP contribution is -2.25. The van der Waals surface area contributed by atoms with E-state index in [0.717, 1.165) is 48.9 Å². The van der Waals surface area contributed by atoms with Gasteiger partial charge in [0.05, 0.1) is 7.11 Å². The molecular formula is C13H21ClN2O. The van der Waals surface area contributed by atoms with Crippen molar-refractivity contribution in [2.45, 2.75) is 19.9 Å². The smallest absolute Gasteiger partial charge is 0.123 e. The molecule has 0 saturated carbocycles. The Balaban J connectivity index is 2.73. The fraction of sp³-hybridized carbons (Fsp3) is 0.538. The van der Waals surface area contributed by atoms with Crippen molar-refractivity contribution in [2.75, 3.05) is 26.7 Å². The largest absolute Gasteiger partial charge is 0.496 e. The second kappa shape index (κ2) is 7.54. The Bertz CT molecular complexity index is 344. The number of benzene rings is 1. The highest BCUT2D eigenvalue weighted by Crippen LogP contribution is 2.23. The van der Waals surface area contributed by atoms with Crippen LogP contribution in [-0.4, -0.2) is 31.6 Å². The second-order valence-electron chi connectivity index (χ2n) is 3.97. The normalized spacial score (nSPS) is 10.9. The maximum absolute atomic E-state index is 6.01. The van der Waals surface area contributed by atoms with Crippen LogP contribution < -0.4 is 10.5 Å². The first-order valence-electron chi connectivity index (χ1n) is 5.96. The van der Waals surface area contributed by atoms with Crippen molar-refractivity contribution < 1.29 is 4.74 Å². The first-order valence-corrected chi connectivity index (χ1v) is 6.33. The molecule has 17 heavy (non-hydrogen) atoms. The highest BCUT2D eigenvalue weighted by atomic mass is 35.5. The van der Waals surface area contributed by atoms with E-state index in [2.05, 4.69) is 11.8 Å². The summed E-state index contributed by atoms with van der Waals surface area (Å²) in [4.78, 5) is 2.33. The Hall–Kier alpha value is -0.770. The average Bonchev–Trinajstić information content (AvgIpc) is 2.34. The zero-order valence-corrected chi connectivity index (χ0v) is 11.3. The molecule has 0 unspecified atom stereocenters. The molecule has 3 nitrogen and oxygen atoms in total. The van der Waals surface area contributed by atoms with Gasteiger partial charge in [-0.3, -0.25) is 4.90 Å². The summed E-state index contributed by atoms with van der Waals surface area (Å²) in [6, 6.07) is 5.72. The molecule has 0 fully saturated rings. The summed E-state index contributed by atoms with van der Waals surface area (Å²) < 4.78 is 5.34. The highest BCUT2D eigenvalue weighted by Gasteiger charge is 2.08. The number of rotatable bonds is 7. The molecular weight excluding hydrogens is 236 g/mol. The van der Waals surface area contributed by atoms with Crippen molar-refractivity contribution in [3.8, 4) is 5.75 Å². The van der Waals surface area contributed by atoms with Crippen molar-refractivity contribution in [1.29, 1.82) is 0 Å². The van der Waals surface area contributed by atoms with Gasteiger partial charge in [-0.1, -0.05) is 18.5 Å². The van der Waals surface area contributed by atoms with Gasteiger partial charge in [0.2, 0.25) is 0 Å². The molecule has 96 valence electrons. The lowest BCUT2D eigenvalue weighted by molar-refractivity contribution is 0.273. The van der Waals surface area contributed by atoms with Gasteiger partial charge in [-0.05, 0) is 44.3 Å². The van der Waals surface area contributed by atoms with E-state index < -0.39 is 0 Å². The fourth-order valence-electron chi connectivity index (χ4n) is 1.78. The van der Waals surface area contributed by atoms with Crippen molar-refractivity contribution in [3.05, 3.63) is 28.8 Å².